The van der Waals surface area contributed by atoms with Gasteiger partial charge in [-0.2, -0.15) is 0 Å². The van der Waals surface area contributed by atoms with E-state index in [-0.39, 0.29) is 154 Å². The molecule has 0 aromatic carbocycles. The predicted molar refractivity (Wildman–Crippen MR) is 140 cm³/mol. The monoisotopic (exact) mass is 882 g/mol. The number of carbonyl (C=O) groups excluding carboxylic acids is 3. The van der Waals surface area contributed by atoms with Crippen molar-refractivity contribution in [1.82, 2.24) is 0 Å². The van der Waals surface area contributed by atoms with Crippen LogP contribution in [0.5, 0.6) is 0 Å². The molecule has 0 amide bonds. The van der Waals surface area contributed by atoms with Gasteiger partial charge in [-0.05, 0) is 0 Å². The Morgan fingerprint density at radius 1 is 0.309 bits per heavy atom. The summed E-state index contributed by atoms with van der Waals surface area (Å²) in [5.74, 6) is -21.0. The molecule has 0 saturated carbocycles. The van der Waals surface area contributed by atoms with Crippen molar-refractivity contribution >= 4 is 71.6 Å². The summed E-state index contributed by atoms with van der Waals surface area (Å²) in [5, 5.41) is 140. The molecule has 0 bridgehead atoms. The van der Waals surface area contributed by atoms with Crippen LogP contribution >= 0.6 is 0 Å². The Morgan fingerprint density at radius 2 is 0.455 bits per heavy atom. The quantitative estimate of drug-likeness (QED) is 0.0505. The first-order valence-corrected chi connectivity index (χ1v) is 12.6. The summed E-state index contributed by atoms with van der Waals surface area (Å²) in [6.45, 7) is 0. The van der Waals surface area contributed by atoms with E-state index < -0.39 is 145 Å². The number of hydrogen-bond acceptors (Lipinski definition) is 19. The number of aliphatic carboxylic acids is 12. The molecule has 0 radical (unpaired) electrons. The molecule has 55 heavy (non-hydrogen) atoms. The smallest absolute Gasteiger partial charge is 0.550 e. The van der Waals surface area contributed by atoms with Gasteiger partial charge in [0.15, 0.2) is 16.8 Å². The fourth-order valence-electron chi connectivity index (χ4n) is 2.83. The minimum atomic E-state index is -2.97. The minimum absolute atomic E-state index is 0. The molecule has 0 aliphatic carbocycles. The second-order valence-corrected chi connectivity index (χ2v) is 9.85. The SMILES string of the molecule is O=C(O)CC(O)(CC(=O)O)C(=O)O.O=C(O)CC(O)(CC(=O)O)C(=O)O.O=C(O)CC(O)(CC(=O)O)C(=O)O.O=C([O-])CC(O)(CC(=O)[O-])C(=O)[O-].[K+].[K+].[K+]. The van der Waals surface area contributed by atoms with Crippen LogP contribution in [0.3, 0.4) is 0 Å². The number of hydrogen-bond donors (Lipinski definition) is 13. The standard InChI is InChI=1S/4C6H8O7.3K/c4*7-3(8)1-6(13,5(11)12)2-4(9)10;;;/h4*13H,1-2H2,(H,7,8)(H,9,10)(H,11,12);;;/q;;;;3*+1/p-3. The third-order valence-corrected chi connectivity index (χ3v) is 5.11. The summed E-state index contributed by atoms with van der Waals surface area (Å²) in [7, 11) is 0. The van der Waals surface area contributed by atoms with Crippen molar-refractivity contribution in [2.75, 3.05) is 0 Å². The van der Waals surface area contributed by atoms with Gasteiger partial charge in [0.2, 0.25) is 0 Å². The van der Waals surface area contributed by atoms with E-state index in [9.17, 15) is 72.9 Å². The van der Waals surface area contributed by atoms with Crippen LogP contribution in [0, 0.1) is 0 Å². The minimum Gasteiger partial charge on any atom is -0.550 e. The molecule has 0 aromatic rings. The van der Waals surface area contributed by atoms with Crippen LogP contribution in [-0.4, -0.2) is 160 Å². The van der Waals surface area contributed by atoms with Crippen molar-refractivity contribution in [1.29, 1.82) is 0 Å². The second kappa shape index (κ2) is 31.4. The van der Waals surface area contributed by atoms with Crippen LogP contribution in [-0.2, 0) is 57.5 Å². The Bertz CT molecular complexity index is 1130. The first kappa shape index (κ1) is 68.1. The summed E-state index contributed by atoms with van der Waals surface area (Å²) in [5.41, 5.74) is -11.2. The normalized spacial score (nSPS) is 10.3. The summed E-state index contributed by atoms with van der Waals surface area (Å²) in [6.07, 6.45) is -9.58. The Labute approximate surface area is 432 Å². The van der Waals surface area contributed by atoms with E-state index >= 15 is 0 Å². The topological polar surface area (TPSA) is 537 Å². The van der Waals surface area contributed by atoms with E-state index in [1.165, 1.54) is 0 Å². The van der Waals surface area contributed by atoms with E-state index in [1.807, 2.05) is 0 Å². The average Bonchev–Trinajstić information content (AvgIpc) is 2.85. The number of aliphatic hydroxyl groups is 4. The third-order valence-electron chi connectivity index (χ3n) is 5.11. The number of carboxylic acids is 12. The van der Waals surface area contributed by atoms with Crippen LogP contribution in [0.25, 0.3) is 0 Å². The Balaban J connectivity index is -0.000000110. The van der Waals surface area contributed by atoms with Gasteiger partial charge >= 0.3 is 208 Å². The van der Waals surface area contributed by atoms with Crippen molar-refractivity contribution in [2.24, 2.45) is 0 Å². The maximum Gasteiger partial charge on any atom is 1.00 e. The summed E-state index contributed by atoms with van der Waals surface area (Å²) in [4.78, 5) is 121. The van der Waals surface area contributed by atoms with Gasteiger partial charge in [-0.25, -0.2) is 14.4 Å². The molecule has 0 aliphatic heterocycles. The van der Waals surface area contributed by atoms with Crippen LogP contribution in [0.15, 0.2) is 0 Å². The van der Waals surface area contributed by atoms with Crippen LogP contribution < -0.4 is 169 Å². The molecule has 0 spiro atoms. The maximum absolute atomic E-state index is 10.3. The summed E-state index contributed by atoms with van der Waals surface area (Å²) >= 11 is 0. The number of carboxylic acid groups (broad SMARTS) is 12. The van der Waals surface area contributed by atoms with E-state index in [1.54, 1.807) is 0 Å². The molecule has 296 valence electrons. The third kappa shape index (κ3) is 34.2. The van der Waals surface area contributed by atoms with Crippen LogP contribution in [0.2, 0.25) is 0 Å². The van der Waals surface area contributed by atoms with E-state index in [0.29, 0.717) is 0 Å². The molecule has 13 N–H and O–H groups in total. The zero-order chi connectivity index (χ0) is 42.6. The fourth-order valence-corrected chi connectivity index (χ4v) is 2.83. The molecular formula is C24H29K3O28. The van der Waals surface area contributed by atoms with Gasteiger partial charge in [-0.1, -0.05) is 0 Å². The summed E-state index contributed by atoms with van der Waals surface area (Å²) < 4.78 is 0. The molecule has 0 unspecified atom stereocenters. The average molecular weight is 883 g/mol. The molecule has 0 heterocycles. The number of rotatable bonds is 20. The van der Waals surface area contributed by atoms with E-state index in [2.05, 4.69) is 0 Å². The van der Waals surface area contributed by atoms with Crippen molar-refractivity contribution < 1.29 is 293 Å². The predicted octanol–water partition coefficient (Wildman–Crippen LogP) is -18.0. The zero-order valence-electron chi connectivity index (χ0n) is 28.6. The van der Waals surface area contributed by atoms with Gasteiger partial charge in [-0.3, -0.25) is 28.8 Å². The zero-order valence-corrected chi connectivity index (χ0v) is 38.0. The van der Waals surface area contributed by atoms with Crippen molar-refractivity contribution in [3.8, 4) is 0 Å². The van der Waals surface area contributed by atoms with E-state index in [4.69, 9.17) is 66.4 Å². The molecule has 28 nitrogen and oxygen atoms in total. The Morgan fingerprint density at radius 3 is 0.527 bits per heavy atom. The fraction of sp³-hybridized carbons (Fsp3) is 0.500. The Hall–Kier alpha value is -1.61. The Kier molecular flexibility index (Phi) is 38.9. The largest absolute Gasteiger partial charge is 1.00 e. The van der Waals surface area contributed by atoms with Gasteiger partial charge in [0.05, 0.1) is 44.5 Å². The maximum atomic E-state index is 10.3. The molecule has 0 aliphatic rings. The van der Waals surface area contributed by atoms with Gasteiger partial charge < -0.3 is 96.1 Å². The van der Waals surface area contributed by atoms with Crippen LogP contribution in [0.1, 0.15) is 51.4 Å². The number of carbonyl (C=O) groups is 12. The molecule has 0 aromatic heterocycles. The molecule has 31 heteroatoms. The molecule has 0 rings (SSSR count). The van der Waals surface area contributed by atoms with Gasteiger partial charge in [0, 0.05) is 24.8 Å². The van der Waals surface area contributed by atoms with Gasteiger partial charge in [0.25, 0.3) is 0 Å². The first-order chi connectivity index (χ1) is 23.1. The molecule has 0 atom stereocenters. The van der Waals surface area contributed by atoms with Gasteiger partial charge in [-0.15, -0.1) is 0 Å². The molecule has 0 saturated heterocycles. The molecular weight excluding hydrogens is 854 g/mol. The molecule has 0 fully saturated rings. The first-order valence-electron chi connectivity index (χ1n) is 12.6. The second-order valence-electron chi connectivity index (χ2n) is 9.85. The van der Waals surface area contributed by atoms with Crippen molar-refractivity contribution in [3.05, 3.63) is 0 Å². The van der Waals surface area contributed by atoms with Gasteiger partial charge in [0.1, 0.15) is 5.60 Å². The summed E-state index contributed by atoms with van der Waals surface area (Å²) in [6, 6.07) is 0. The van der Waals surface area contributed by atoms with Crippen molar-refractivity contribution in [2.45, 2.75) is 73.8 Å². The van der Waals surface area contributed by atoms with E-state index in [0.717, 1.165) is 0 Å². The van der Waals surface area contributed by atoms with Crippen molar-refractivity contribution in [3.63, 3.8) is 0 Å². The van der Waals surface area contributed by atoms with Crippen LogP contribution in [0.4, 0.5) is 0 Å².